The topological polar surface area (TPSA) is 96.2 Å². The highest BCUT2D eigenvalue weighted by Gasteiger charge is 2.29. The first-order chi connectivity index (χ1) is 13.0. The smallest absolute Gasteiger partial charge is 0.273 e. The van der Waals surface area contributed by atoms with E-state index in [1.807, 2.05) is 4.90 Å². The predicted octanol–water partition coefficient (Wildman–Crippen LogP) is 1.67. The molecule has 1 amide bonds. The molecule has 2 aliphatic rings. The summed E-state index contributed by atoms with van der Waals surface area (Å²) in [4.78, 5) is 26.8. The number of nitro groups is 1. The van der Waals surface area contributed by atoms with Crippen LogP contribution >= 0.6 is 0 Å². The van der Waals surface area contributed by atoms with E-state index >= 15 is 0 Å². The molecule has 3 rings (SSSR count). The van der Waals surface area contributed by atoms with Crippen LogP contribution in [0.2, 0.25) is 0 Å². The van der Waals surface area contributed by atoms with Gasteiger partial charge in [0.15, 0.2) is 0 Å². The summed E-state index contributed by atoms with van der Waals surface area (Å²) in [5.41, 5.74) is -0.0370. The van der Waals surface area contributed by atoms with Crippen LogP contribution in [0, 0.1) is 16.0 Å². The molecule has 8 heteroatoms. The van der Waals surface area contributed by atoms with Crippen LogP contribution in [0.4, 0.5) is 5.69 Å². The number of piperazine rings is 1. The average molecular weight is 377 g/mol. The molecule has 0 aromatic heterocycles. The van der Waals surface area contributed by atoms with Gasteiger partial charge in [0, 0.05) is 44.7 Å². The Kier molecular flexibility index (Phi) is 6.63. The molecule has 0 bridgehead atoms. The van der Waals surface area contributed by atoms with Gasteiger partial charge in [-0.05, 0) is 18.9 Å². The van der Waals surface area contributed by atoms with Crippen LogP contribution in [0.15, 0.2) is 24.3 Å². The SMILES string of the molecule is O=C(C1CCCC1)N1CCN(CC(O)COc2cccc([N+](=O)[O-])c2)CC1. The van der Waals surface area contributed by atoms with Crippen molar-refractivity contribution in [3.63, 3.8) is 0 Å². The highest BCUT2D eigenvalue weighted by atomic mass is 16.6. The van der Waals surface area contributed by atoms with E-state index in [2.05, 4.69) is 4.90 Å². The second kappa shape index (κ2) is 9.14. The number of carbonyl (C=O) groups is 1. The summed E-state index contributed by atoms with van der Waals surface area (Å²) in [5.74, 6) is 0.877. The third-order valence-corrected chi connectivity index (χ3v) is 5.33. The summed E-state index contributed by atoms with van der Waals surface area (Å²) in [7, 11) is 0. The van der Waals surface area contributed by atoms with Gasteiger partial charge in [-0.15, -0.1) is 0 Å². The van der Waals surface area contributed by atoms with Gasteiger partial charge in [-0.25, -0.2) is 0 Å². The minimum absolute atomic E-state index is 0.0370. The maximum atomic E-state index is 12.5. The Balaban J connectivity index is 1.39. The Morgan fingerprint density at radius 1 is 1.26 bits per heavy atom. The Morgan fingerprint density at radius 2 is 1.96 bits per heavy atom. The van der Waals surface area contributed by atoms with Gasteiger partial charge in [-0.2, -0.15) is 0 Å². The summed E-state index contributed by atoms with van der Waals surface area (Å²) in [5, 5.41) is 21.0. The van der Waals surface area contributed by atoms with E-state index in [0.717, 1.165) is 38.8 Å². The second-order valence-corrected chi connectivity index (χ2v) is 7.33. The number of rotatable bonds is 7. The average Bonchev–Trinajstić information content (AvgIpc) is 3.21. The largest absolute Gasteiger partial charge is 0.491 e. The first-order valence-electron chi connectivity index (χ1n) is 9.59. The molecule has 1 unspecified atom stereocenters. The number of nitrogens with zero attached hydrogens (tertiary/aromatic N) is 3. The normalized spacial score (nSPS) is 19.8. The van der Waals surface area contributed by atoms with Crippen molar-refractivity contribution in [3.8, 4) is 5.75 Å². The molecule has 1 atom stereocenters. The molecular weight excluding hydrogens is 350 g/mol. The second-order valence-electron chi connectivity index (χ2n) is 7.33. The number of ether oxygens (including phenoxy) is 1. The van der Waals surface area contributed by atoms with E-state index in [4.69, 9.17) is 4.74 Å². The van der Waals surface area contributed by atoms with E-state index in [-0.39, 0.29) is 18.2 Å². The molecule has 1 N–H and O–H groups in total. The molecule has 1 saturated carbocycles. The quantitative estimate of drug-likeness (QED) is 0.574. The van der Waals surface area contributed by atoms with Crippen molar-refractivity contribution in [1.82, 2.24) is 9.80 Å². The fraction of sp³-hybridized carbons (Fsp3) is 0.632. The van der Waals surface area contributed by atoms with Crippen molar-refractivity contribution in [1.29, 1.82) is 0 Å². The number of carbonyl (C=O) groups excluding carboxylic acids is 1. The number of aliphatic hydroxyl groups excluding tert-OH is 1. The molecule has 27 heavy (non-hydrogen) atoms. The first kappa shape index (κ1) is 19.6. The summed E-state index contributed by atoms with van der Waals surface area (Å²) in [6.07, 6.45) is 3.67. The lowest BCUT2D eigenvalue weighted by Crippen LogP contribution is -2.52. The van der Waals surface area contributed by atoms with Gasteiger partial charge in [0.05, 0.1) is 11.0 Å². The third kappa shape index (κ3) is 5.40. The van der Waals surface area contributed by atoms with Gasteiger partial charge >= 0.3 is 0 Å². The van der Waals surface area contributed by atoms with E-state index in [0.29, 0.717) is 31.3 Å². The minimum atomic E-state index is -0.693. The van der Waals surface area contributed by atoms with Crippen molar-refractivity contribution in [2.75, 3.05) is 39.3 Å². The maximum Gasteiger partial charge on any atom is 0.273 e. The number of nitro benzene ring substituents is 1. The zero-order valence-corrected chi connectivity index (χ0v) is 15.5. The number of hydrogen-bond donors (Lipinski definition) is 1. The van der Waals surface area contributed by atoms with Crippen molar-refractivity contribution in [2.45, 2.75) is 31.8 Å². The highest BCUT2D eigenvalue weighted by Crippen LogP contribution is 2.27. The lowest BCUT2D eigenvalue weighted by atomic mass is 10.1. The molecule has 0 spiro atoms. The molecule has 1 aliphatic carbocycles. The number of aliphatic hydroxyl groups is 1. The van der Waals surface area contributed by atoms with Crippen LogP contribution in [0.3, 0.4) is 0 Å². The van der Waals surface area contributed by atoms with E-state index in [9.17, 15) is 20.0 Å². The summed E-state index contributed by atoms with van der Waals surface area (Å²) >= 11 is 0. The van der Waals surface area contributed by atoms with Crippen molar-refractivity contribution in [2.24, 2.45) is 5.92 Å². The number of β-amino-alcohol motifs (C(OH)–C–C–N with tert-alkyl or cyclic N) is 1. The zero-order chi connectivity index (χ0) is 19.2. The van der Waals surface area contributed by atoms with Crippen LogP contribution in [0.1, 0.15) is 25.7 Å². The lowest BCUT2D eigenvalue weighted by molar-refractivity contribution is -0.384. The molecule has 1 aromatic carbocycles. The molecule has 148 valence electrons. The molecule has 1 aromatic rings. The number of benzene rings is 1. The zero-order valence-electron chi connectivity index (χ0n) is 15.5. The maximum absolute atomic E-state index is 12.5. The number of amides is 1. The molecule has 8 nitrogen and oxygen atoms in total. The fourth-order valence-electron chi connectivity index (χ4n) is 3.81. The van der Waals surface area contributed by atoms with E-state index in [1.54, 1.807) is 12.1 Å². The monoisotopic (exact) mass is 377 g/mol. The fourth-order valence-corrected chi connectivity index (χ4v) is 3.81. The van der Waals surface area contributed by atoms with Gasteiger partial charge in [0.1, 0.15) is 18.5 Å². The Hall–Kier alpha value is -2.19. The molecular formula is C19H27N3O5. The van der Waals surface area contributed by atoms with Crippen molar-refractivity contribution < 1.29 is 19.6 Å². The van der Waals surface area contributed by atoms with Crippen LogP contribution in [0.5, 0.6) is 5.75 Å². The lowest BCUT2D eigenvalue weighted by Gasteiger charge is -2.36. The highest BCUT2D eigenvalue weighted by molar-refractivity contribution is 5.79. The number of non-ortho nitro benzene ring substituents is 1. The van der Waals surface area contributed by atoms with Crippen molar-refractivity contribution >= 4 is 11.6 Å². The molecule has 0 radical (unpaired) electrons. The van der Waals surface area contributed by atoms with E-state index < -0.39 is 11.0 Å². The minimum Gasteiger partial charge on any atom is -0.491 e. The Labute approximate surface area is 158 Å². The van der Waals surface area contributed by atoms with Crippen LogP contribution in [0.25, 0.3) is 0 Å². The van der Waals surface area contributed by atoms with Crippen LogP contribution in [-0.2, 0) is 4.79 Å². The Morgan fingerprint density at radius 3 is 2.63 bits per heavy atom. The first-order valence-corrected chi connectivity index (χ1v) is 9.59. The van der Waals surface area contributed by atoms with Gasteiger partial charge in [0.2, 0.25) is 5.91 Å². The third-order valence-electron chi connectivity index (χ3n) is 5.33. The predicted molar refractivity (Wildman–Crippen MR) is 99.6 cm³/mol. The molecule has 1 saturated heterocycles. The van der Waals surface area contributed by atoms with Gasteiger partial charge in [-0.1, -0.05) is 18.9 Å². The molecule has 1 heterocycles. The van der Waals surface area contributed by atoms with Crippen LogP contribution < -0.4 is 4.74 Å². The summed E-state index contributed by atoms with van der Waals surface area (Å²) < 4.78 is 5.48. The standard InChI is InChI=1S/C19H27N3O5/c23-17(14-27-18-7-3-6-16(12-18)22(25)26)13-20-8-10-21(11-9-20)19(24)15-4-1-2-5-15/h3,6-7,12,15,17,23H,1-2,4-5,8-11,13-14H2. The van der Waals surface area contributed by atoms with Crippen LogP contribution in [-0.4, -0.2) is 71.2 Å². The molecule has 1 aliphatic heterocycles. The summed E-state index contributed by atoms with van der Waals surface area (Å²) in [6.45, 7) is 3.42. The summed E-state index contributed by atoms with van der Waals surface area (Å²) in [6, 6.07) is 5.93. The Bertz CT molecular complexity index is 655. The van der Waals surface area contributed by atoms with Gasteiger partial charge in [0.25, 0.3) is 5.69 Å². The van der Waals surface area contributed by atoms with Crippen molar-refractivity contribution in [3.05, 3.63) is 34.4 Å². The van der Waals surface area contributed by atoms with Gasteiger partial charge in [-0.3, -0.25) is 19.8 Å². The number of hydrogen-bond acceptors (Lipinski definition) is 6. The van der Waals surface area contributed by atoms with E-state index in [1.165, 1.54) is 12.1 Å². The molecule has 2 fully saturated rings. The van der Waals surface area contributed by atoms with Gasteiger partial charge < -0.3 is 14.7 Å².